The van der Waals surface area contributed by atoms with Crippen LogP contribution in [0.5, 0.6) is 11.5 Å². The van der Waals surface area contributed by atoms with E-state index in [1.807, 2.05) is 0 Å². The van der Waals surface area contributed by atoms with E-state index in [9.17, 15) is 18.4 Å². The van der Waals surface area contributed by atoms with Crippen molar-refractivity contribution in [2.45, 2.75) is 32.5 Å². The molecule has 1 unspecified atom stereocenters. The Bertz CT molecular complexity index is 1050. The molecule has 2 rings (SSSR count). The van der Waals surface area contributed by atoms with Crippen LogP contribution in [0.3, 0.4) is 0 Å². The average molecular weight is 515 g/mol. The Morgan fingerprint density at radius 1 is 1.11 bits per heavy atom. The normalized spacial score (nSPS) is 11.3. The number of carbonyl (C=O) groups excluding carboxylic acids is 2. The summed E-state index contributed by atoms with van der Waals surface area (Å²) in [7, 11) is 2.41. The van der Waals surface area contributed by atoms with Crippen molar-refractivity contribution in [3.05, 3.63) is 58.7 Å². The standard InChI is InChI=1S/C23H28F2N4O5.ClH/c1-12(2)29-19(30)11-34-18-7-13(22(26)27)5-6-14(18)10-28-23(31)21(33-4)20-16(24)8-15(32-3)9-17(20)25;/h5-9,12,21H,10-11H2,1-4H3,(H3,26,27)(H,28,31)(H,29,30);1H. The van der Waals surface area contributed by atoms with Gasteiger partial charge in [0, 0.05) is 43.0 Å². The van der Waals surface area contributed by atoms with Crippen LogP contribution in [-0.4, -0.2) is 44.5 Å². The zero-order chi connectivity index (χ0) is 25.4. The molecule has 2 amide bonds. The van der Waals surface area contributed by atoms with Crippen molar-refractivity contribution in [1.29, 1.82) is 5.41 Å². The molecule has 0 heterocycles. The van der Waals surface area contributed by atoms with Crippen LogP contribution in [0, 0.1) is 17.0 Å². The molecule has 0 aliphatic rings. The predicted octanol–water partition coefficient (Wildman–Crippen LogP) is 2.59. The largest absolute Gasteiger partial charge is 0.497 e. The maximum Gasteiger partial charge on any atom is 0.258 e. The van der Waals surface area contributed by atoms with Gasteiger partial charge in [-0.3, -0.25) is 15.0 Å². The van der Waals surface area contributed by atoms with Crippen LogP contribution in [0.15, 0.2) is 30.3 Å². The van der Waals surface area contributed by atoms with E-state index in [1.54, 1.807) is 26.0 Å². The molecule has 0 saturated carbocycles. The maximum atomic E-state index is 14.4. The molecule has 0 fully saturated rings. The number of rotatable bonds is 11. The third kappa shape index (κ3) is 8.08. The van der Waals surface area contributed by atoms with Crippen molar-refractivity contribution >= 4 is 30.1 Å². The fourth-order valence-corrected chi connectivity index (χ4v) is 3.07. The van der Waals surface area contributed by atoms with Crippen LogP contribution in [-0.2, 0) is 20.9 Å². The summed E-state index contributed by atoms with van der Waals surface area (Å²) in [5, 5.41) is 12.8. The highest BCUT2D eigenvalue weighted by Crippen LogP contribution is 2.28. The van der Waals surface area contributed by atoms with Crippen LogP contribution in [0.25, 0.3) is 0 Å². The van der Waals surface area contributed by atoms with Gasteiger partial charge in [-0.05, 0) is 19.9 Å². The molecule has 0 bridgehead atoms. The number of ether oxygens (including phenoxy) is 3. The van der Waals surface area contributed by atoms with Gasteiger partial charge in [0.25, 0.3) is 11.8 Å². The van der Waals surface area contributed by atoms with Gasteiger partial charge < -0.3 is 30.6 Å². The molecule has 2 aromatic rings. The number of carbonyl (C=O) groups is 2. The second-order valence-electron chi connectivity index (χ2n) is 7.59. The van der Waals surface area contributed by atoms with Gasteiger partial charge in [0.05, 0.1) is 12.7 Å². The van der Waals surface area contributed by atoms with Gasteiger partial charge >= 0.3 is 0 Å². The second-order valence-corrected chi connectivity index (χ2v) is 7.59. The number of nitrogens with two attached hydrogens (primary N) is 1. The Kier molecular flexibility index (Phi) is 11.4. The number of hydrogen-bond donors (Lipinski definition) is 4. The third-order valence-corrected chi connectivity index (χ3v) is 4.66. The SMILES string of the molecule is COc1cc(F)c(C(OC)C(=O)NCc2ccc(C(=N)N)cc2OCC(=O)NC(C)C)c(F)c1.Cl. The summed E-state index contributed by atoms with van der Waals surface area (Å²) in [6.07, 6.45) is -1.57. The first-order valence-electron chi connectivity index (χ1n) is 10.3. The van der Waals surface area contributed by atoms with Crippen LogP contribution in [0.1, 0.15) is 36.6 Å². The summed E-state index contributed by atoms with van der Waals surface area (Å²) in [4.78, 5) is 24.7. The van der Waals surface area contributed by atoms with E-state index in [1.165, 1.54) is 13.2 Å². The van der Waals surface area contributed by atoms with Gasteiger partial charge in [-0.15, -0.1) is 12.4 Å². The van der Waals surface area contributed by atoms with Gasteiger partial charge in [0.2, 0.25) is 0 Å². The fraction of sp³-hybridized carbons (Fsp3) is 0.348. The molecule has 1 atom stereocenters. The van der Waals surface area contributed by atoms with Crippen molar-refractivity contribution in [2.24, 2.45) is 5.73 Å². The first-order valence-corrected chi connectivity index (χ1v) is 10.3. The highest BCUT2D eigenvalue weighted by atomic mass is 35.5. The number of halogens is 3. The quantitative estimate of drug-likeness (QED) is 0.269. The lowest BCUT2D eigenvalue weighted by molar-refractivity contribution is -0.132. The van der Waals surface area contributed by atoms with E-state index in [0.717, 1.165) is 19.2 Å². The number of hydrogen-bond acceptors (Lipinski definition) is 6. The molecule has 0 spiro atoms. The number of benzene rings is 2. The van der Waals surface area contributed by atoms with Gasteiger partial charge in [0.1, 0.15) is 29.0 Å². The van der Waals surface area contributed by atoms with Crippen LogP contribution < -0.4 is 25.8 Å². The summed E-state index contributed by atoms with van der Waals surface area (Å²) in [5.41, 5.74) is 5.77. The maximum absolute atomic E-state index is 14.4. The van der Waals surface area contributed by atoms with E-state index in [-0.39, 0.29) is 54.8 Å². The van der Waals surface area contributed by atoms with Crippen LogP contribution >= 0.6 is 12.4 Å². The number of amidine groups is 1. The summed E-state index contributed by atoms with van der Waals surface area (Å²) < 4.78 is 44.3. The Hall–Kier alpha value is -3.44. The molecule has 0 aromatic heterocycles. The highest BCUT2D eigenvalue weighted by molar-refractivity contribution is 5.95. The van der Waals surface area contributed by atoms with Crippen molar-refractivity contribution < 1.29 is 32.6 Å². The molecular formula is C23H29ClF2N4O5. The summed E-state index contributed by atoms with van der Waals surface area (Å²) >= 11 is 0. The highest BCUT2D eigenvalue weighted by Gasteiger charge is 2.28. The zero-order valence-corrected chi connectivity index (χ0v) is 20.6. The molecule has 0 aliphatic heterocycles. The first kappa shape index (κ1) is 29.6. The van der Waals surface area contributed by atoms with Gasteiger partial charge in [-0.25, -0.2) is 8.78 Å². The Balaban J connectivity index is 0.00000612. The first-order chi connectivity index (χ1) is 16.1. The van der Waals surface area contributed by atoms with E-state index < -0.39 is 29.2 Å². The number of nitrogen functional groups attached to an aromatic ring is 1. The second kappa shape index (κ2) is 13.4. The monoisotopic (exact) mass is 514 g/mol. The van der Waals surface area contributed by atoms with Crippen LogP contribution in [0.2, 0.25) is 0 Å². The minimum atomic E-state index is -1.57. The van der Waals surface area contributed by atoms with Gasteiger partial charge in [-0.2, -0.15) is 0 Å². The Morgan fingerprint density at radius 3 is 2.26 bits per heavy atom. The van der Waals surface area contributed by atoms with E-state index in [0.29, 0.717) is 11.1 Å². The lowest BCUT2D eigenvalue weighted by atomic mass is 10.1. The fourth-order valence-electron chi connectivity index (χ4n) is 3.07. The minimum absolute atomic E-state index is 0. The zero-order valence-electron chi connectivity index (χ0n) is 19.7. The molecule has 12 heteroatoms. The van der Waals surface area contributed by atoms with Gasteiger partial charge in [0.15, 0.2) is 12.7 Å². The lowest BCUT2D eigenvalue weighted by Crippen LogP contribution is -2.34. The molecule has 2 aromatic carbocycles. The predicted molar refractivity (Wildman–Crippen MR) is 128 cm³/mol. The summed E-state index contributed by atoms with van der Waals surface area (Å²) in [5.74, 6) is -3.19. The average Bonchev–Trinajstić information content (AvgIpc) is 2.77. The van der Waals surface area contributed by atoms with Crippen molar-refractivity contribution in [3.63, 3.8) is 0 Å². The van der Waals surface area contributed by atoms with E-state index in [2.05, 4.69) is 10.6 Å². The molecule has 0 radical (unpaired) electrons. The molecule has 35 heavy (non-hydrogen) atoms. The van der Waals surface area contributed by atoms with E-state index in [4.69, 9.17) is 25.4 Å². The molecule has 0 aliphatic carbocycles. The van der Waals surface area contributed by atoms with E-state index >= 15 is 0 Å². The lowest BCUT2D eigenvalue weighted by Gasteiger charge is -2.19. The van der Waals surface area contributed by atoms with Gasteiger partial charge in [-0.1, -0.05) is 12.1 Å². The molecule has 5 N–H and O–H groups in total. The number of amides is 2. The van der Waals surface area contributed by atoms with Crippen molar-refractivity contribution in [1.82, 2.24) is 10.6 Å². The van der Waals surface area contributed by atoms with Crippen LogP contribution in [0.4, 0.5) is 8.78 Å². The topological polar surface area (TPSA) is 136 Å². The van der Waals surface area contributed by atoms with Crippen molar-refractivity contribution in [2.75, 3.05) is 20.8 Å². The molecular weight excluding hydrogens is 486 g/mol. The Labute approximate surface area is 208 Å². The number of methoxy groups -OCH3 is 2. The molecule has 0 saturated heterocycles. The Morgan fingerprint density at radius 2 is 1.74 bits per heavy atom. The number of nitrogens with one attached hydrogen (secondary N) is 3. The summed E-state index contributed by atoms with van der Waals surface area (Å²) in [6, 6.07) is 6.38. The minimum Gasteiger partial charge on any atom is -0.497 e. The smallest absolute Gasteiger partial charge is 0.258 e. The summed E-state index contributed by atoms with van der Waals surface area (Å²) in [6.45, 7) is 3.19. The molecule has 192 valence electrons. The van der Waals surface area contributed by atoms with Crippen molar-refractivity contribution in [3.8, 4) is 11.5 Å². The molecule has 9 nitrogen and oxygen atoms in total. The third-order valence-electron chi connectivity index (χ3n) is 4.66.